The number of fused-ring (bicyclic) bond motifs is 5. The Labute approximate surface area is 314 Å². The Morgan fingerprint density at radius 1 is 0.833 bits per heavy atom. The normalized spacial score (nSPS) is 40.1. The van der Waals surface area contributed by atoms with Crippen LogP contribution >= 0.6 is 0 Å². The molecule has 1 heterocycles. The maximum Gasteiger partial charge on any atom is 0.339 e. The van der Waals surface area contributed by atoms with Gasteiger partial charge >= 0.3 is 35.9 Å². The highest BCUT2D eigenvalue weighted by Crippen LogP contribution is 2.67. The molecule has 1 aliphatic heterocycles. The van der Waals surface area contributed by atoms with Gasteiger partial charge in [-0.1, -0.05) is 13.8 Å². The number of rotatable bonds is 10. The van der Waals surface area contributed by atoms with Gasteiger partial charge in [0.1, 0.15) is 6.10 Å². The Hall–Kier alpha value is -3.83. The van der Waals surface area contributed by atoms with Crippen molar-refractivity contribution in [3.63, 3.8) is 0 Å². The lowest BCUT2D eigenvalue weighted by Gasteiger charge is -2.62. The largest absolute Gasteiger partial charge is 0.467 e. The Balaban J connectivity index is 1.42. The van der Waals surface area contributed by atoms with Crippen LogP contribution < -0.4 is 11.2 Å². The number of urea groups is 1. The molecule has 14 atom stereocenters. The number of hydrazone groups is 1. The highest BCUT2D eigenvalue weighted by molar-refractivity contribution is 5.90. The van der Waals surface area contributed by atoms with Crippen LogP contribution in [0.2, 0.25) is 0 Å². The number of amides is 2. The summed E-state index contributed by atoms with van der Waals surface area (Å²) in [6.45, 7) is 8.82. The average molecular weight is 766 g/mol. The van der Waals surface area contributed by atoms with E-state index in [1.165, 1.54) is 6.92 Å². The minimum Gasteiger partial charge on any atom is -0.467 e. The van der Waals surface area contributed by atoms with Crippen molar-refractivity contribution in [2.45, 2.75) is 136 Å². The van der Waals surface area contributed by atoms with Gasteiger partial charge in [0.05, 0.1) is 25.5 Å². The number of methoxy groups -OCH3 is 1. The van der Waals surface area contributed by atoms with Crippen molar-refractivity contribution in [1.29, 1.82) is 0 Å². The van der Waals surface area contributed by atoms with Crippen LogP contribution in [0.15, 0.2) is 5.10 Å². The van der Waals surface area contributed by atoms with Crippen LogP contribution in [-0.2, 0) is 57.1 Å². The Morgan fingerprint density at radius 2 is 1.46 bits per heavy atom. The van der Waals surface area contributed by atoms with E-state index in [0.717, 1.165) is 66.4 Å². The van der Waals surface area contributed by atoms with E-state index in [1.54, 1.807) is 0 Å². The molecule has 2 amide bonds. The molecule has 4 N–H and O–H groups in total. The summed E-state index contributed by atoms with van der Waals surface area (Å²) >= 11 is 0. The number of esters is 5. The number of aliphatic hydroxyl groups is 1. The van der Waals surface area contributed by atoms with Crippen molar-refractivity contribution in [1.82, 2.24) is 5.43 Å². The lowest BCUT2D eigenvalue weighted by atomic mass is 9.44. The molecule has 5 rings (SSSR count). The van der Waals surface area contributed by atoms with Crippen molar-refractivity contribution >= 4 is 41.6 Å². The fraction of sp³-hybridized carbons (Fsp3) is 0.811. The number of primary amides is 1. The third-order valence-corrected chi connectivity index (χ3v) is 12.8. The van der Waals surface area contributed by atoms with Gasteiger partial charge in [-0.2, -0.15) is 5.10 Å². The maximum absolute atomic E-state index is 12.9. The van der Waals surface area contributed by atoms with Crippen LogP contribution in [0.25, 0.3) is 0 Å². The molecule has 17 nitrogen and oxygen atoms in total. The van der Waals surface area contributed by atoms with Crippen molar-refractivity contribution < 1.29 is 67.0 Å². The van der Waals surface area contributed by atoms with E-state index in [9.17, 15) is 33.9 Å². The number of hydrogen-bond acceptors (Lipinski definition) is 15. The lowest BCUT2D eigenvalue weighted by molar-refractivity contribution is -0.298. The summed E-state index contributed by atoms with van der Waals surface area (Å²) in [5.74, 6) is -3.21. The SMILES string of the molecule is COC(=O)C1OC(OCC(=NNC(N)=O)C2CCC3C4CCC5CC(OC(C)=O)CCC5(C)C4C(O)CC23C)C(OC(C)=O)C(OC(C)=O)C1OC(C)=O. The molecule has 0 aromatic carbocycles. The van der Waals surface area contributed by atoms with E-state index in [2.05, 4.69) is 24.4 Å². The molecule has 1 saturated heterocycles. The molecular weight excluding hydrogens is 710 g/mol. The third kappa shape index (κ3) is 8.37. The minimum atomic E-state index is -1.65. The quantitative estimate of drug-likeness (QED) is 0.125. The Bertz CT molecular complexity index is 1510. The first-order valence-electron chi connectivity index (χ1n) is 18.7. The van der Waals surface area contributed by atoms with Crippen molar-refractivity contribution in [3.05, 3.63) is 0 Å². The predicted molar refractivity (Wildman–Crippen MR) is 186 cm³/mol. The Kier molecular flexibility index (Phi) is 12.6. The fourth-order valence-electron chi connectivity index (χ4n) is 11.0. The summed E-state index contributed by atoms with van der Waals surface area (Å²) in [5, 5.41) is 16.4. The van der Waals surface area contributed by atoms with E-state index in [-0.39, 0.29) is 47.8 Å². The Morgan fingerprint density at radius 3 is 2.07 bits per heavy atom. The number of nitrogens with zero attached hydrogens (tertiary/aromatic N) is 1. The first-order valence-corrected chi connectivity index (χ1v) is 18.7. The van der Waals surface area contributed by atoms with Gasteiger partial charge < -0.3 is 44.0 Å². The second kappa shape index (κ2) is 16.5. The van der Waals surface area contributed by atoms with Gasteiger partial charge in [0.15, 0.2) is 30.7 Å². The monoisotopic (exact) mass is 765 g/mol. The van der Waals surface area contributed by atoms with Crippen LogP contribution in [0.3, 0.4) is 0 Å². The number of hydrogen-bond donors (Lipinski definition) is 3. The first kappa shape index (κ1) is 41.3. The zero-order valence-corrected chi connectivity index (χ0v) is 32.1. The lowest BCUT2D eigenvalue weighted by Crippen LogP contribution is -2.64. The average Bonchev–Trinajstić information content (AvgIpc) is 3.41. The van der Waals surface area contributed by atoms with Gasteiger partial charge in [-0.15, -0.1) is 0 Å². The first-order chi connectivity index (χ1) is 25.4. The second-order valence-electron chi connectivity index (χ2n) is 16.0. The van der Waals surface area contributed by atoms with Gasteiger partial charge in [-0.25, -0.2) is 15.0 Å². The number of nitrogens with two attached hydrogens (primary N) is 1. The van der Waals surface area contributed by atoms with Crippen molar-refractivity contribution in [2.24, 2.45) is 51.3 Å². The van der Waals surface area contributed by atoms with Crippen molar-refractivity contribution in [2.75, 3.05) is 13.7 Å². The van der Waals surface area contributed by atoms with E-state index >= 15 is 0 Å². The third-order valence-electron chi connectivity index (χ3n) is 12.8. The van der Waals surface area contributed by atoms with Crippen LogP contribution in [0, 0.1) is 40.4 Å². The smallest absolute Gasteiger partial charge is 0.339 e. The molecule has 0 aromatic heterocycles. The van der Waals surface area contributed by atoms with E-state index < -0.39 is 72.1 Å². The maximum atomic E-state index is 12.9. The summed E-state index contributed by atoms with van der Waals surface area (Å²) in [5.41, 5.74) is 7.54. The van der Waals surface area contributed by atoms with Crippen LogP contribution in [-0.4, -0.2) is 103 Å². The molecule has 5 fully saturated rings. The molecule has 0 aromatic rings. The summed E-state index contributed by atoms with van der Waals surface area (Å²) in [6, 6.07) is -0.914. The predicted octanol–water partition coefficient (Wildman–Crippen LogP) is 2.28. The molecule has 0 bridgehead atoms. The topological polar surface area (TPSA) is 238 Å². The number of carbonyl (C=O) groups is 6. The molecule has 0 radical (unpaired) electrons. The van der Waals surface area contributed by atoms with Gasteiger partial charge in [0.25, 0.3) is 0 Å². The summed E-state index contributed by atoms with van der Waals surface area (Å²) in [4.78, 5) is 73.3. The highest BCUT2D eigenvalue weighted by Gasteiger charge is 2.64. The van der Waals surface area contributed by atoms with E-state index in [4.69, 9.17) is 38.9 Å². The molecule has 302 valence electrons. The number of aliphatic hydroxyl groups excluding tert-OH is 1. The highest BCUT2D eigenvalue weighted by atomic mass is 16.7. The molecule has 4 aliphatic carbocycles. The van der Waals surface area contributed by atoms with E-state index in [1.807, 2.05) is 0 Å². The van der Waals surface area contributed by atoms with Gasteiger partial charge in [0, 0.05) is 33.6 Å². The molecular formula is C37H55N3O14. The van der Waals surface area contributed by atoms with Crippen LogP contribution in [0.5, 0.6) is 0 Å². The van der Waals surface area contributed by atoms with Crippen molar-refractivity contribution in [3.8, 4) is 0 Å². The molecule has 17 heteroatoms. The molecule has 0 spiro atoms. The fourth-order valence-corrected chi connectivity index (χ4v) is 11.0. The van der Waals surface area contributed by atoms with Crippen LogP contribution in [0.1, 0.15) is 92.9 Å². The summed E-state index contributed by atoms with van der Waals surface area (Å²) in [7, 11) is 1.09. The van der Waals surface area contributed by atoms with Crippen LogP contribution in [0.4, 0.5) is 4.79 Å². The summed E-state index contributed by atoms with van der Waals surface area (Å²) < 4.78 is 39.0. The number of carbonyl (C=O) groups excluding carboxylic acids is 6. The van der Waals surface area contributed by atoms with Gasteiger partial charge in [-0.3, -0.25) is 19.2 Å². The van der Waals surface area contributed by atoms with E-state index in [0.29, 0.717) is 24.5 Å². The number of ether oxygens (including phenoxy) is 7. The number of nitrogens with one attached hydrogen (secondary N) is 1. The molecule has 54 heavy (non-hydrogen) atoms. The standard InChI is InChI=1S/C37H55N3O14/c1-17(41)50-22-12-13-36(5)21(14-22)8-9-23-24-10-11-25(37(24,6)15-27(45)28(23)36)26(39-40-35(38)47)16-49-34-32(53-20(4)44)30(52-19(3)43)29(51-18(2)42)31(54-34)33(46)48-7/h21-25,27-32,34,45H,8-16H2,1-7H3,(H3,38,40,47). The molecule has 5 aliphatic rings. The molecule has 14 unspecified atom stereocenters. The van der Waals surface area contributed by atoms with Gasteiger partial charge in [0.2, 0.25) is 0 Å². The van der Waals surface area contributed by atoms with Gasteiger partial charge in [-0.05, 0) is 85.9 Å². The molecule has 4 saturated carbocycles. The zero-order valence-electron chi connectivity index (χ0n) is 32.1. The zero-order chi connectivity index (χ0) is 39.7. The second-order valence-corrected chi connectivity index (χ2v) is 16.0. The minimum absolute atomic E-state index is 0.0606. The summed E-state index contributed by atoms with van der Waals surface area (Å²) in [6.07, 6.45) is -2.34.